The highest BCUT2D eigenvalue weighted by atomic mass is 32.2. The minimum atomic E-state index is -0.526. The zero-order valence-corrected chi connectivity index (χ0v) is 17.1. The van der Waals surface area contributed by atoms with E-state index >= 15 is 0 Å². The lowest BCUT2D eigenvalue weighted by Crippen LogP contribution is -2.28. The van der Waals surface area contributed by atoms with Gasteiger partial charge in [0.25, 0.3) is 0 Å². The Bertz CT molecular complexity index is 1290. The highest BCUT2D eigenvalue weighted by molar-refractivity contribution is 7.99. The molecule has 2 heterocycles. The molecule has 2 aromatic heterocycles. The summed E-state index contributed by atoms with van der Waals surface area (Å²) in [6.07, 6.45) is 0. The van der Waals surface area contributed by atoms with E-state index in [1.54, 1.807) is 24.3 Å². The van der Waals surface area contributed by atoms with Gasteiger partial charge in [0.2, 0.25) is 5.91 Å². The molecular weight excluding hydrogens is 405 g/mol. The van der Waals surface area contributed by atoms with Crippen LogP contribution in [0.15, 0.2) is 69.3 Å². The first-order valence-electron chi connectivity index (χ1n) is 9.16. The number of carbonyl (C=O) groups is 1. The van der Waals surface area contributed by atoms with E-state index < -0.39 is 5.69 Å². The topological polar surface area (TPSA) is 81.3 Å². The van der Waals surface area contributed by atoms with Gasteiger partial charge in [-0.25, -0.2) is 13.9 Å². The second-order valence-electron chi connectivity index (χ2n) is 6.87. The summed E-state index contributed by atoms with van der Waals surface area (Å²) in [7, 11) is 0. The van der Waals surface area contributed by atoms with Gasteiger partial charge in [0.1, 0.15) is 17.4 Å². The largest absolute Gasteiger partial charge is 0.367 e. The van der Waals surface area contributed by atoms with Crippen LogP contribution in [0.4, 0.5) is 10.1 Å². The van der Waals surface area contributed by atoms with E-state index in [1.165, 1.54) is 23.9 Å². The van der Waals surface area contributed by atoms with Crippen LogP contribution in [0.5, 0.6) is 0 Å². The van der Waals surface area contributed by atoms with E-state index in [4.69, 9.17) is 0 Å². The second kappa shape index (κ2) is 8.11. The fourth-order valence-corrected chi connectivity index (χ4v) is 3.90. The molecule has 4 aromatic rings. The number of hydrogen-bond acceptors (Lipinski definition) is 5. The maximum atomic E-state index is 13.4. The van der Waals surface area contributed by atoms with Crippen molar-refractivity contribution in [3.05, 3.63) is 82.0 Å². The van der Waals surface area contributed by atoms with Crippen molar-refractivity contribution in [1.82, 2.24) is 19.4 Å². The standard InChI is InChI=1S/C21H18FN5O2S/c1-13-8-14(2)10-16(9-13)23-19(28)12-26-21(29)27-18(24-26)6-7-20(25-27)30-17-5-3-4-15(22)11-17/h3-11H,12H2,1-2H3,(H,23,28). The Balaban J connectivity index is 1.54. The van der Waals surface area contributed by atoms with Gasteiger partial charge in [-0.15, -0.1) is 5.10 Å². The van der Waals surface area contributed by atoms with Crippen LogP contribution in [0.25, 0.3) is 5.65 Å². The molecule has 2 aromatic carbocycles. The van der Waals surface area contributed by atoms with Crippen molar-refractivity contribution < 1.29 is 9.18 Å². The van der Waals surface area contributed by atoms with Crippen molar-refractivity contribution in [3.63, 3.8) is 0 Å². The van der Waals surface area contributed by atoms with Crippen LogP contribution in [0.3, 0.4) is 0 Å². The molecule has 0 saturated heterocycles. The number of carbonyl (C=O) groups excluding carboxylic acids is 1. The van der Waals surface area contributed by atoms with E-state index in [9.17, 15) is 14.0 Å². The molecule has 152 valence electrons. The van der Waals surface area contributed by atoms with Crippen LogP contribution < -0.4 is 11.0 Å². The fourth-order valence-electron chi connectivity index (χ4n) is 3.08. The van der Waals surface area contributed by atoms with E-state index in [0.29, 0.717) is 21.3 Å². The number of amides is 1. The van der Waals surface area contributed by atoms with Crippen molar-refractivity contribution in [2.45, 2.75) is 30.3 Å². The van der Waals surface area contributed by atoms with Gasteiger partial charge >= 0.3 is 5.69 Å². The molecule has 4 rings (SSSR count). The average molecular weight is 423 g/mol. The Kier molecular flexibility index (Phi) is 5.37. The van der Waals surface area contributed by atoms with E-state index in [1.807, 2.05) is 32.0 Å². The van der Waals surface area contributed by atoms with Gasteiger partial charge in [-0.3, -0.25) is 4.79 Å². The third-order valence-electron chi connectivity index (χ3n) is 4.23. The predicted octanol–water partition coefficient (Wildman–Crippen LogP) is 3.44. The molecule has 0 aliphatic rings. The first kappa shape index (κ1) is 19.8. The molecule has 0 unspecified atom stereocenters. The maximum absolute atomic E-state index is 13.4. The molecule has 0 fully saturated rings. The maximum Gasteiger partial charge on any atom is 0.367 e. The van der Waals surface area contributed by atoms with Crippen molar-refractivity contribution in [3.8, 4) is 0 Å². The number of aryl methyl sites for hydroxylation is 2. The van der Waals surface area contributed by atoms with Gasteiger partial charge in [-0.2, -0.15) is 9.61 Å². The Hall–Kier alpha value is -3.46. The first-order valence-corrected chi connectivity index (χ1v) is 9.97. The molecule has 0 radical (unpaired) electrons. The van der Waals surface area contributed by atoms with Gasteiger partial charge in [-0.1, -0.05) is 23.9 Å². The molecule has 0 aliphatic heterocycles. The molecule has 0 atom stereocenters. The zero-order chi connectivity index (χ0) is 21.3. The summed E-state index contributed by atoms with van der Waals surface area (Å²) in [6, 6.07) is 15.2. The minimum Gasteiger partial charge on any atom is -0.324 e. The number of benzene rings is 2. The number of halogens is 1. The molecular formula is C21H18FN5O2S. The Morgan fingerprint density at radius 1 is 1.07 bits per heavy atom. The van der Waals surface area contributed by atoms with E-state index in [-0.39, 0.29) is 18.3 Å². The summed E-state index contributed by atoms with van der Waals surface area (Å²) in [5, 5.41) is 11.7. The normalized spacial score (nSPS) is 11.0. The number of hydrogen-bond donors (Lipinski definition) is 1. The van der Waals surface area contributed by atoms with Crippen LogP contribution in [0.1, 0.15) is 11.1 Å². The zero-order valence-electron chi connectivity index (χ0n) is 16.3. The predicted molar refractivity (Wildman–Crippen MR) is 112 cm³/mol. The molecule has 1 amide bonds. The van der Waals surface area contributed by atoms with Gasteiger partial charge in [0, 0.05) is 10.6 Å². The third kappa shape index (κ3) is 4.41. The highest BCUT2D eigenvalue weighted by Crippen LogP contribution is 2.26. The lowest BCUT2D eigenvalue weighted by molar-refractivity contribution is -0.117. The van der Waals surface area contributed by atoms with E-state index in [2.05, 4.69) is 15.5 Å². The van der Waals surface area contributed by atoms with Crippen LogP contribution >= 0.6 is 11.8 Å². The first-order chi connectivity index (χ1) is 14.4. The fraction of sp³-hybridized carbons (Fsp3) is 0.143. The van der Waals surface area contributed by atoms with Crippen LogP contribution in [0.2, 0.25) is 0 Å². The summed E-state index contributed by atoms with van der Waals surface area (Å²) < 4.78 is 15.6. The number of fused-ring (bicyclic) bond motifs is 1. The molecule has 0 saturated carbocycles. The number of rotatable bonds is 5. The minimum absolute atomic E-state index is 0.235. The Morgan fingerprint density at radius 2 is 1.83 bits per heavy atom. The molecule has 30 heavy (non-hydrogen) atoms. The Labute approximate surface area is 175 Å². The molecule has 9 heteroatoms. The molecule has 0 bridgehead atoms. The number of aromatic nitrogens is 4. The summed E-state index contributed by atoms with van der Waals surface area (Å²) in [4.78, 5) is 25.7. The van der Waals surface area contributed by atoms with Crippen molar-refractivity contribution in [2.75, 3.05) is 5.32 Å². The number of nitrogens with zero attached hydrogens (tertiary/aromatic N) is 4. The van der Waals surface area contributed by atoms with Crippen molar-refractivity contribution in [2.24, 2.45) is 0 Å². The van der Waals surface area contributed by atoms with Crippen molar-refractivity contribution >= 4 is 29.0 Å². The van der Waals surface area contributed by atoms with Gasteiger partial charge < -0.3 is 5.32 Å². The average Bonchev–Trinajstić information content (AvgIpc) is 2.96. The second-order valence-corrected chi connectivity index (χ2v) is 7.96. The summed E-state index contributed by atoms with van der Waals surface area (Å²) >= 11 is 1.23. The molecule has 7 nitrogen and oxygen atoms in total. The lowest BCUT2D eigenvalue weighted by Gasteiger charge is -2.07. The van der Waals surface area contributed by atoms with Gasteiger partial charge in [-0.05, 0) is 67.4 Å². The summed E-state index contributed by atoms with van der Waals surface area (Å²) in [6.45, 7) is 3.66. The number of nitrogens with one attached hydrogen (secondary N) is 1. The van der Waals surface area contributed by atoms with Gasteiger partial charge in [0.05, 0.1) is 0 Å². The smallest absolute Gasteiger partial charge is 0.324 e. The van der Waals surface area contributed by atoms with Crippen molar-refractivity contribution in [1.29, 1.82) is 0 Å². The van der Waals surface area contributed by atoms with Gasteiger partial charge in [0.15, 0.2) is 5.65 Å². The number of anilines is 1. The SMILES string of the molecule is Cc1cc(C)cc(NC(=O)Cn2nc3ccc(Sc4cccc(F)c4)nn3c2=O)c1. The van der Waals surface area contributed by atoms with Crippen LogP contribution in [0, 0.1) is 19.7 Å². The molecule has 0 aliphatic carbocycles. The third-order valence-corrected chi connectivity index (χ3v) is 5.15. The quantitative estimate of drug-likeness (QED) is 0.532. The summed E-state index contributed by atoms with van der Waals surface area (Å²) in [5.41, 5.74) is 2.52. The van der Waals surface area contributed by atoms with E-state index in [0.717, 1.165) is 20.3 Å². The Morgan fingerprint density at radius 3 is 2.57 bits per heavy atom. The molecule has 0 spiro atoms. The molecule has 1 N–H and O–H groups in total. The summed E-state index contributed by atoms with van der Waals surface area (Å²) in [5.74, 6) is -0.708. The highest BCUT2D eigenvalue weighted by Gasteiger charge is 2.13. The lowest BCUT2D eigenvalue weighted by atomic mass is 10.1. The van der Waals surface area contributed by atoms with Crippen LogP contribution in [-0.4, -0.2) is 25.3 Å². The monoisotopic (exact) mass is 423 g/mol. The van der Waals surface area contributed by atoms with Crippen LogP contribution in [-0.2, 0) is 11.3 Å².